The first kappa shape index (κ1) is 17.8. The van der Waals surface area contributed by atoms with Gasteiger partial charge in [-0.15, -0.1) is 0 Å². The van der Waals surface area contributed by atoms with E-state index >= 15 is 0 Å². The highest BCUT2D eigenvalue weighted by Gasteiger charge is 2.37. The molecule has 1 amide bonds. The van der Waals surface area contributed by atoms with Crippen molar-refractivity contribution in [2.45, 2.75) is 38.1 Å². The molecule has 7 heteroatoms. The molecule has 0 radical (unpaired) electrons. The van der Waals surface area contributed by atoms with E-state index in [1.54, 1.807) is 41.3 Å². The maximum atomic E-state index is 12.6. The maximum absolute atomic E-state index is 12.6. The van der Waals surface area contributed by atoms with E-state index in [-0.39, 0.29) is 17.6 Å². The fraction of sp³-hybridized carbons (Fsp3) is 0.333. The molecule has 2 fully saturated rings. The molecule has 1 aromatic carbocycles. The van der Waals surface area contributed by atoms with Crippen LogP contribution in [0, 0.1) is 10.1 Å². The molecule has 1 aromatic rings. The predicted octanol–water partition coefficient (Wildman–Crippen LogP) is 4.68. The number of nitro benzene ring substituents is 1. The summed E-state index contributed by atoms with van der Waals surface area (Å²) < 4.78 is 0.613. The molecule has 0 bridgehead atoms. The van der Waals surface area contributed by atoms with Gasteiger partial charge in [0.2, 0.25) is 0 Å². The van der Waals surface area contributed by atoms with Crippen molar-refractivity contribution in [3.8, 4) is 0 Å². The third-order valence-corrected chi connectivity index (χ3v) is 5.77. The van der Waals surface area contributed by atoms with Gasteiger partial charge in [-0.05, 0) is 31.1 Å². The number of benzene rings is 1. The predicted molar refractivity (Wildman–Crippen MR) is 104 cm³/mol. The molecule has 0 spiro atoms. The zero-order chi connectivity index (χ0) is 17.8. The average Bonchev–Trinajstić information content (AvgIpc) is 2.90. The number of rotatable bonds is 4. The minimum atomic E-state index is -0.414. The fourth-order valence-corrected chi connectivity index (χ4v) is 4.53. The standard InChI is InChI=1S/C18H18N2O3S2/c21-17-16(25-18(24)19(17)14-9-2-1-3-10-14)12-6-8-13-7-4-5-11-15(13)20(22)23/h4-8,11-12,14H,1-3,9-10H2/b8-6+,16-12+. The molecule has 0 atom stereocenters. The van der Waals surface area contributed by atoms with Crippen LogP contribution >= 0.6 is 24.0 Å². The quantitative estimate of drug-likeness (QED) is 0.331. The van der Waals surface area contributed by atoms with Crippen LogP contribution in [0.1, 0.15) is 37.7 Å². The van der Waals surface area contributed by atoms with Crippen molar-refractivity contribution in [1.29, 1.82) is 0 Å². The van der Waals surface area contributed by atoms with Gasteiger partial charge in [0.15, 0.2) is 0 Å². The van der Waals surface area contributed by atoms with E-state index < -0.39 is 4.92 Å². The molecular formula is C18H18N2O3S2. The van der Waals surface area contributed by atoms with Gasteiger partial charge in [0.25, 0.3) is 11.6 Å². The molecule has 130 valence electrons. The number of carbonyl (C=O) groups is 1. The molecule has 25 heavy (non-hydrogen) atoms. The van der Waals surface area contributed by atoms with Gasteiger partial charge in [-0.2, -0.15) is 0 Å². The summed E-state index contributed by atoms with van der Waals surface area (Å²) >= 11 is 6.69. The summed E-state index contributed by atoms with van der Waals surface area (Å²) in [6, 6.07) is 6.73. The molecule has 3 rings (SSSR count). The summed E-state index contributed by atoms with van der Waals surface area (Å²) in [5, 5.41) is 11.0. The van der Waals surface area contributed by atoms with Crippen molar-refractivity contribution < 1.29 is 9.72 Å². The van der Waals surface area contributed by atoms with Crippen LogP contribution in [-0.4, -0.2) is 26.1 Å². The lowest BCUT2D eigenvalue weighted by Crippen LogP contribution is -2.39. The number of carbonyl (C=O) groups excluding carboxylic acids is 1. The van der Waals surface area contributed by atoms with E-state index in [0.717, 1.165) is 25.7 Å². The van der Waals surface area contributed by atoms with Gasteiger partial charge in [0, 0.05) is 12.1 Å². The lowest BCUT2D eigenvalue weighted by Gasteiger charge is -2.29. The smallest absolute Gasteiger partial charge is 0.276 e. The Morgan fingerprint density at radius 2 is 1.96 bits per heavy atom. The third-order valence-electron chi connectivity index (χ3n) is 4.42. The number of amides is 1. The average molecular weight is 374 g/mol. The molecular weight excluding hydrogens is 356 g/mol. The Morgan fingerprint density at radius 3 is 2.68 bits per heavy atom. The second-order valence-corrected chi connectivity index (χ2v) is 7.72. The van der Waals surface area contributed by atoms with Crippen molar-refractivity contribution in [1.82, 2.24) is 4.90 Å². The Kier molecular flexibility index (Phi) is 5.65. The Labute approximate surface area is 155 Å². The van der Waals surface area contributed by atoms with E-state index in [1.165, 1.54) is 24.2 Å². The van der Waals surface area contributed by atoms with Gasteiger partial charge in [-0.25, -0.2) is 0 Å². The minimum Gasteiger partial charge on any atom is -0.290 e. The van der Waals surface area contributed by atoms with E-state index in [2.05, 4.69) is 0 Å². The lowest BCUT2D eigenvalue weighted by molar-refractivity contribution is -0.385. The van der Waals surface area contributed by atoms with E-state index in [9.17, 15) is 14.9 Å². The number of thioether (sulfide) groups is 1. The van der Waals surface area contributed by atoms with Gasteiger partial charge in [-0.1, -0.05) is 61.5 Å². The lowest BCUT2D eigenvalue weighted by atomic mass is 9.94. The molecule has 1 heterocycles. The highest BCUT2D eigenvalue weighted by atomic mass is 32.2. The number of nitrogens with zero attached hydrogens (tertiary/aromatic N) is 2. The molecule has 1 saturated heterocycles. The Balaban J connectivity index is 1.75. The van der Waals surface area contributed by atoms with Gasteiger partial charge in [-0.3, -0.25) is 19.8 Å². The van der Waals surface area contributed by atoms with Crippen molar-refractivity contribution in [3.05, 3.63) is 57.0 Å². The van der Waals surface area contributed by atoms with Gasteiger partial charge < -0.3 is 0 Å². The number of hydrogen-bond acceptors (Lipinski definition) is 5. The summed E-state index contributed by atoms with van der Waals surface area (Å²) in [6.45, 7) is 0. The highest BCUT2D eigenvalue weighted by molar-refractivity contribution is 8.26. The van der Waals surface area contributed by atoms with Crippen LogP contribution in [0.15, 0.2) is 41.3 Å². The second kappa shape index (κ2) is 7.93. The van der Waals surface area contributed by atoms with Crippen LogP contribution in [0.3, 0.4) is 0 Å². The largest absolute Gasteiger partial charge is 0.290 e. The van der Waals surface area contributed by atoms with Crippen molar-refractivity contribution in [2.75, 3.05) is 0 Å². The zero-order valence-electron chi connectivity index (χ0n) is 13.6. The SMILES string of the molecule is O=C1/C(=C\C=C\c2ccccc2[N+](=O)[O-])SC(=S)N1C1CCCCC1. The van der Waals surface area contributed by atoms with E-state index in [0.29, 0.717) is 14.8 Å². The summed E-state index contributed by atoms with van der Waals surface area (Å²) in [5.74, 6) is -0.0471. The molecule has 1 saturated carbocycles. The zero-order valence-corrected chi connectivity index (χ0v) is 15.2. The summed E-state index contributed by atoms with van der Waals surface area (Å²) in [7, 11) is 0. The van der Waals surface area contributed by atoms with E-state index in [4.69, 9.17) is 12.2 Å². The molecule has 0 unspecified atom stereocenters. The number of para-hydroxylation sites is 1. The Bertz CT molecular complexity index is 767. The first-order valence-electron chi connectivity index (χ1n) is 8.25. The third kappa shape index (κ3) is 3.99. The van der Waals surface area contributed by atoms with Crippen LogP contribution in [0.25, 0.3) is 6.08 Å². The van der Waals surface area contributed by atoms with Crippen LogP contribution in [0.2, 0.25) is 0 Å². The maximum Gasteiger partial charge on any atom is 0.276 e. The topological polar surface area (TPSA) is 63.4 Å². The minimum absolute atomic E-state index is 0.0434. The first-order valence-corrected chi connectivity index (χ1v) is 9.47. The van der Waals surface area contributed by atoms with Crippen LogP contribution in [0.4, 0.5) is 5.69 Å². The first-order chi connectivity index (χ1) is 12.1. The monoisotopic (exact) mass is 374 g/mol. The molecule has 1 aliphatic heterocycles. The molecule has 0 N–H and O–H groups in total. The Morgan fingerprint density at radius 1 is 1.24 bits per heavy atom. The number of allylic oxidation sites excluding steroid dienone is 2. The van der Waals surface area contributed by atoms with Crippen molar-refractivity contribution in [2.24, 2.45) is 0 Å². The van der Waals surface area contributed by atoms with Crippen LogP contribution in [-0.2, 0) is 4.79 Å². The molecule has 2 aliphatic rings. The van der Waals surface area contributed by atoms with Crippen LogP contribution < -0.4 is 0 Å². The Hall–Kier alpha value is -1.99. The highest BCUT2D eigenvalue weighted by Crippen LogP contribution is 2.36. The number of thiocarbonyl (C=S) groups is 1. The van der Waals surface area contributed by atoms with E-state index in [1.807, 2.05) is 0 Å². The van der Waals surface area contributed by atoms with Gasteiger partial charge in [0.1, 0.15) is 4.32 Å². The van der Waals surface area contributed by atoms with Gasteiger partial charge >= 0.3 is 0 Å². The van der Waals surface area contributed by atoms with Crippen molar-refractivity contribution >= 4 is 46.0 Å². The fourth-order valence-electron chi connectivity index (χ4n) is 3.18. The summed E-state index contributed by atoms with van der Waals surface area (Å²) in [5.41, 5.74) is 0.549. The molecule has 1 aliphatic carbocycles. The van der Waals surface area contributed by atoms with Crippen LogP contribution in [0.5, 0.6) is 0 Å². The summed E-state index contributed by atoms with van der Waals surface area (Å²) in [4.78, 5) is 25.6. The number of nitro groups is 1. The van der Waals surface area contributed by atoms with Crippen molar-refractivity contribution in [3.63, 3.8) is 0 Å². The normalized spacial score (nSPS) is 20.8. The second-order valence-electron chi connectivity index (χ2n) is 6.04. The summed E-state index contributed by atoms with van der Waals surface area (Å²) in [6.07, 6.45) is 10.5. The van der Waals surface area contributed by atoms with Gasteiger partial charge in [0.05, 0.1) is 15.4 Å². The number of hydrogen-bond donors (Lipinski definition) is 0. The molecule has 5 nitrogen and oxygen atoms in total. The molecule has 0 aromatic heterocycles.